The summed E-state index contributed by atoms with van der Waals surface area (Å²) in [5.41, 5.74) is 6.18. The van der Waals surface area contributed by atoms with E-state index < -0.39 is 4.70 Å². The summed E-state index contributed by atoms with van der Waals surface area (Å²) in [6.07, 6.45) is 0. The molecule has 0 fully saturated rings. The van der Waals surface area contributed by atoms with Crippen LogP contribution in [0, 0.1) is 0 Å². The Labute approximate surface area is 86.4 Å². The monoisotopic (exact) mass is 221 g/mol. The number of halogens is 2. The number of hydrogen-bond acceptors (Lipinski definition) is 3. The van der Waals surface area contributed by atoms with Crippen LogP contribution in [0.5, 0.6) is 0 Å². The molecule has 2 N–H and O–H groups in total. The van der Waals surface area contributed by atoms with Crippen LogP contribution in [0.4, 0.5) is 10.5 Å². The minimum atomic E-state index is -0.889. The third kappa shape index (κ3) is 18.2. The SMILES string of the molecule is C=O.Nc1ccccc1.O=C(Cl)Cl. The van der Waals surface area contributed by atoms with Gasteiger partial charge in [0, 0.05) is 5.69 Å². The predicted octanol–water partition coefficient (Wildman–Crippen LogP) is 2.67. The van der Waals surface area contributed by atoms with E-state index in [1.165, 1.54) is 0 Å². The molecule has 3 nitrogen and oxygen atoms in total. The number of carbonyl (C=O) groups excluding carboxylic acids is 2. The van der Waals surface area contributed by atoms with Crippen LogP contribution < -0.4 is 5.73 Å². The molecule has 1 aromatic rings. The maximum absolute atomic E-state index is 8.98. The van der Waals surface area contributed by atoms with Crippen molar-refractivity contribution in [2.24, 2.45) is 0 Å². The molecule has 0 unspecified atom stereocenters. The molecule has 0 aliphatic rings. The molecule has 0 amide bonds. The van der Waals surface area contributed by atoms with Crippen LogP contribution in [0.1, 0.15) is 0 Å². The van der Waals surface area contributed by atoms with Crippen molar-refractivity contribution in [3.8, 4) is 0 Å². The number of nitrogen functional groups attached to an aromatic ring is 1. The summed E-state index contributed by atoms with van der Waals surface area (Å²) < 4.78 is -0.889. The number of anilines is 1. The average Bonchev–Trinajstić information content (AvgIpc) is 2.08. The molecule has 72 valence electrons. The zero-order valence-electron chi connectivity index (χ0n) is 6.74. The topological polar surface area (TPSA) is 60.2 Å². The first-order valence-electron chi connectivity index (χ1n) is 3.07. The molecule has 0 heterocycles. The lowest BCUT2D eigenvalue weighted by molar-refractivity contribution is -0.0979. The predicted molar refractivity (Wildman–Crippen MR) is 55.1 cm³/mol. The van der Waals surface area contributed by atoms with Gasteiger partial charge in [0.15, 0.2) is 0 Å². The van der Waals surface area contributed by atoms with E-state index in [1.54, 1.807) is 0 Å². The van der Waals surface area contributed by atoms with Gasteiger partial charge in [0.2, 0.25) is 0 Å². The molecule has 0 aliphatic carbocycles. The summed E-state index contributed by atoms with van der Waals surface area (Å²) in [5.74, 6) is 0. The van der Waals surface area contributed by atoms with Crippen molar-refractivity contribution in [2.45, 2.75) is 0 Å². The van der Waals surface area contributed by atoms with E-state index in [9.17, 15) is 0 Å². The fourth-order valence-corrected chi connectivity index (χ4v) is 0.453. The molecule has 0 bridgehead atoms. The normalized spacial score (nSPS) is 6.92. The molecular formula is C8H9Cl2NO2. The number of benzene rings is 1. The third-order valence-corrected chi connectivity index (χ3v) is 0.800. The van der Waals surface area contributed by atoms with Gasteiger partial charge in [-0.3, -0.25) is 4.79 Å². The van der Waals surface area contributed by atoms with Crippen LogP contribution in [0.3, 0.4) is 0 Å². The first-order valence-corrected chi connectivity index (χ1v) is 3.83. The minimum Gasteiger partial charge on any atom is -0.399 e. The van der Waals surface area contributed by atoms with E-state index in [-0.39, 0.29) is 0 Å². The molecule has 0 spiro atoms. The van der Waals surface area contributed by atoms with E-state index in [1.807, 2.05) is 37.1 Å². The van der Waals surface area contributed by atoms with Gasteiger partial charge in [-0.1, -0.05) is 18.2 Å². The first-order chi connectivity index (χ1) is 6.13. The van der Waals surface area contributed by atoms with Crippen molar-refractivity contribution in [3.05, 3.63) is 30.3 Å². The number of rotatable bonds is 0. The Morgan fingerprint density at radius 3 is 1.62 bits per heavy atom. The fourth-order valence-electron chi connectivity index (χ4n) is 0.453. The summed E-state index contributed by atoms with van der Waals surface area (Å²) in [6.45, 7) is 2.00. The molecule has 0 saturated carbocycles. The fraction of sp³-hybridized carbons (Fsp3) is 0. The molecule has 0 atom stereocenters. The number of para-hydroxylation sites is 1. The molecule has 0 aliphatic heterocycles. The van der Waals surface area contributed by atoms with Crippen molar-refractivity contribution in [1.29, 1.82) is 0 Å². The molecule has 5 heteroatoms. The smallest absolute Gasteiger partial charge is 0.313 e. The maximum atomic E-state index is 8.98. The van der Waals surface area contributed by atoms with Gasteiger partial charge >= 0.3 is 4.70 Å². The van der Waals surface area contributed by atoms with Gasteiger partial charge in [-0.05, 0) is 35.3 Å². The van der Waals surface area contributed by atoms with Crippen molar-refractivity contribution in [1.82, 2.24) is 0 Å². The highest BCUT2D eigenvalue weighted by molar-refractivity contribution is 6.93. The van der Waals surface area contributed by atoms with E-state index in [0.717, 1.165) is 5.69 Å². The van der Waals surface area contributed by atoms with Gasteiger partial charge in [-0.2, -0.15) is 0 Å². The molecule has 13 heavy (non-hydrogen) atoms. The Hall–Kier alpha value is -1.06. The number of carbonyl (C=O) groups is 2. The highest BCUT2D eigenvalue weighted by Gasteiger charge is 1.72. The molecular weight excluding hydrogens is 213 g/mol. The average molecular weight is 222 g/mol. The van der Waals surface area contributed by atoms with Gasteiger partial charge < -0.3 is 10.5 Å². The van der Waals surface area contributed by atoms with Crippen LogP contribution in [0.25, 0.3) is 0 Å². The lowest BCUT2D eigenvalue weighted by atomic mass is 10.3. The van der Waals surface area contributed by atoms with Crippen LogP contribution in [-0.4, -0.2) is 11.5 Å². The summed E-state index contributed by atoms with van der Waals surface area (Å²) in [5, 5.41) is 0. The highest BCUT2D eigenvalue weighted by Crippen LogP contribution is 1.95. The zero-order chi connectivity index (χ0) is 10.7. The second-order valence-corrected chi connectivity index (χ2v) is 2.52. The van der Waals surface area contributed by atoms with E-state index in [4.69, 9.17) is 15.3 Å². The zero-order valence-corrected chi connectivity index (χ0v) is 8.26. The van der Waals surface area contributed by atoms with Crippen molar-refractivity contribution in [3.63, 3.8) is 0 Å². The van der Waals surface area contributed by atoms with E-state index >= 15 is 0 Å². The van der Waals surface area contributed by atoms with Crippen LogP contribution in [-0.2, 0) is 4.79 Å². The molecule has 1 aromatic carbocycles. The lowest BCUT2D eigenvalue weighted by Gasteiger charge is -1.83. The number of nitrogens with two attached hydrogens (primary N) is 1. The largest absolute Gasteiger partial charge is 0.399 e. The quantitative estimate of drug-likeness (QED) is 0.542. The number of hydrogen-bond donors (Lipinski definition) is 1. The summed E-state index contributed by atoms with van der Waals surface area (Å²) >= 11 is 8.80. The van der Waals surface area contributed by atoms with Gasteiger partial charge in [0.05, 0.1) is 0 Å². The first kappa shape index (κ1) is 14.5. The summed E-state index contributed by atoms with van der Waals surface area (Å²) in [6, 6.07) is 9.49. The molecule has 1 rings (SSSR count). The Balaban J connectivity index is 0. The maximum Gasteiger partial charge on any atom is 0.313 e. The van der Waals surface area contributed by atoms with Crippen molar-refractivity contribution < 1.29 is 9.59 Å². The van der Waals surface area contributed by atoms with Crippen molar-refractivity contribution in [2.75, 3.05) is 5.73 Å². The molecule has 0 aromatic heterocycles. The van der Waals surface area contributed by atoms with Gasteiger partial charge in [0.25, 0.3) is 0 Å². The molecule has 0 saturated heterocycles. The summed E-state index contributed by atoms with van der Waals surface area (Å²) in [4.78, 5) is 17.0. The Bertz CT molecular complexity index is 225. The van der Waals surface area contributed by atoms with Crippen LogP contribution in [0.2, 0.25) is 0 Å². The van der Waals surface area contributed by atoms with Crippen LogP contribution in [0.15, 0.2) is 30.3 Å². The van der Waals surface area contributed by atoms with Gasteiger partial charge in [-0.25, -0.2) is 0 Å². The van der Waals surface area contributed by atoms with Gasteiger partial charge in [-0.15, -0.1) is 0 Å². The molecule has 0 radical (unpaired) electrons. The minimum absolute atomic E-state index is 0.822. The summed E-state index contributed by atoms with van der Waals surface area (Å²) in [7, 11) is 0. The second kappa shape index (κ2) is 10.9. The van der Waals surface area contributed by atoms with Crippen molar-refractivity contribution >= 4 is 40.4 Å². The Kier molecular flexibility index (Phi) is 12.2. The van der Waals surface area contributed by atoms with E-state index in [2.05, 4.69) is 23.2 Å². The Morgan fingerprint density at radius 1 is 1.15 bits per heavy atom. The lowest BCUT2D eigenvalue weighted by Crippen LogP contribution is -1.79. The Morgan fingerprint density at radius 2 is 1.46 bits per heavy atom. The van der Waals surface area contributed by atoms with Crippen LogP contribution >= 0.6 is 23.2 Å². The second-order valence-electron chi connectivity index (χ2n) is 1.64. The van der Waals surface area contributed by atoms with Gasteiger partial charge in [0.1, 0.15) is 6.79 Å². The highest BCUT2D eigenvalue weighted by atomic mass is 35.5. The third-order valence-electron chi connectivity index (χ3n) is 0.800. The standard InChI is InChI=1S/C6H7N.CCl2O.CH2O/c7-6-4-2-1-3-5-6;2-1(3)4;1-2/h1-5H,7H2;;1H2. The van der Waals surface area contributed by atoms with E-state index in [0.29, 0.717) is 0 Å².